The highest BCUT2D eigenvalue weighted by atomic mass is 32.2. The van der Waals surface area contributed by atoms with Gasteiger partial charge in [0.1, 0.15) is 0 Å². The van der Waals surface area contributed by atoms with Gasteiger partial charge in [-0.1, -0.05) is 27.7 Å². The van der Waals surface area contributed by atoms with Crippen molar-refractivity contribution in [1.82, 2.24) is 4.72 Å². The van der Waals surface area contributed by atoms with Crippen LogP contribution in [0.5, 0.6) is 0 Å². The minimum Gasteiger partial charge on any atom is -0.211 e. The predicted molar refractivity (Wildman–Crippen MR) is 60.7 cm³/mol. The Bertz CT molecular complexity index is 335. The molecule has 0 fully saturated rings. The van der Waals surface area contributed by atoms with Crippen LogP contribution in [0.4, 0.5) is 0 Å². The summed E-state index contributed by atoms with van der Waals surface area (Å²) in [4.78, 5) is 0. The van der Waals surface area contributed by atoms with Crippen LogP contribution >= 0.6 is 0 Å². The van der Waals surface area contributed by atoms with E-state index in [1.165, 1.54) is 0 Å². The molecule has 0 aliphatic carbocycles. The SMILES string of the molecule is CCC(C#N)S(=O)(=O)NC(C)C(C)(C)C. The van der Waals surface area contributed by atoms with E-state index in [0.717, 1.165) is 0 Å². The van der Waals surface area contributed by atoms with Crippen molar-refractivity contribution in [3.05, 3.63) is 0 Å². The van der Waals surface area contributed by atoms with E-state index in [4.69, 9.17) is 5.26 Å². The van der Waals surface area contributed by atoms with Gasteiger partial charge in [0.05, 0.1) is 6.07 Å². The Morgan fingerprint density at radius 2 is 1.87 bits per heavy atom. The number of nitrogens with zero attached hydrogens (tertiary/aromatic N) is 1. The van der Waals surface area contributed by atoms with Crippen molar-refractivity contribution >= 4 is 10.0 Å². The van der Waals surface area contributed by atoms with Gasteiger partial charge in [-0.2, -0.15) is 5.26 Å². The lowest BCUT2D eigenvalue weighted by molar-refractivity contribution is 0.317. The van der Waals surface area contributed by atoms with Crippen LogP contribution in [0.3, 0.4) is 0 Å². The molecule has 0 heterocycles. The molecule has 88 valence electrons. The first kappa shape index (κ1) is 14.4. The molecule has 15 heavy (non-hydrogen) atoms. The zero-order valence-corrected chi connectivity index (χ0v) is 10.9. The van der Waals surface area contributed by atoms with Crippen LogP contribution in [0.2, 0.25) is 0 Å². The molecule has 0 saturated carbocycles. The number of nitrogens with one attached hydrogen (secondary N) is 1. The first-order valence-electron chi connectivity index (χ1n) is 5.06. The molecule has 0 radical (unpaired) electrons. The van der Waals surface area contributed by atoms with E-state index in [1.54, 1.807) is 13.0 Å². The highest BCUT2D eigenvalue weighted by Gasteiger charge is 2.29. The van der Waals surface area contributed by atoms with Gasteiger partial charge in [-0.05, 0) is 18.8 Å². The van der Waals surface area contributed by atoms with E-state index >= 15 is 0 Å². The van der Waals surface area contributed by atoms with E-state index in [-0.39, 0.29) is 11.5 Å². The summed E-state index contributed by atoms with van der Waals surface area (Å²) in [6.45, 7) is 9.35. The molecule has 0 rings (SSSR count). The highest BCUT2D eigenvalue weighted by molar-refractivity contribution is 7.90. The Morgan fingerprint density at radius 3 is 2.13 bits per heavy atom. The van der Waals surface area contributed by atoms with E-state index in [9.17, 15) is 8.42 Å². The van der Waals surface area contributed by atoms with Crippen molar-refractivity contribution < 1.29 is 8.42 Å². The van der Waals surface area contributed by atoms with Crippen molar-refractivity contribution in [2.75, 3.05) is 0 Å². The molecule has 2 atom stereocenters. The van der Waals surface area contributed by atoms with Gasteiger partial charge in [0.2, 0.25) is 10.0 Å². The van der Waals surface area contributed by atoms with E-state index in [0.29, 0.717) is 6.42 Å². The standard InChI is InChI=1S/C10H20N2O2S/c1-6-9(7-11)15(13,14)12-8(2)10(3,4)5/h8-9,12H,6H2,1-5H3. The Hall–Kier alpha value is -0.600. The van der Waals surface area contributed by atoms with Crippen molar-refractivity contribution in [2.45, 2.75) is 52.3 Å². The maximum absolute atomic E-state index is 11.7. The third kappa shape index (κ3) is 4.18. The average Bonchev–Trinajstić information content (AvgIpc) is 2.02. The van der Waals surface area contributed by atoms with Crippen molar-refractivity contribution in [3.8, 4) is 6.07 Å². The molecule has 1 N–H and O–H groups in total. The normalized spacial score (nSPS) is 16.8. The molecule has 2 unspecified atom stereocenters. The lowest BCUT2D eigenvalue weighted by Crippen LogP contribution is -2.45. The first-order chi connectivity index (χ1) is 6.65. The lowest BCUT2D eigenvalue weighted by Gasteiger charge is -2.28. The van der Waals surface area contributed by atoms with Gasteiger partial charge in [0.15, 0.2) is 5.25 Å². The average molecular weight is 232 g/mol. The minimum atomic E-state index is -3.52. The van der Waals surface area contributed by atoms with Gasteiger partial charge in [-0.3, -0.25) is 0 Å². The second-order valence-electron chi connectivity index (χ2n) is 4.78. The second kappa shape index (κ2) is 4.95. The third-order valence-corrected chi connectivity index (χ3v) is 4.40. The Balaban J connectivity index is 4.75. The summed E-state index contributed by atoms with van der Waals surface area (Å²) in [5.74, 6) is 0. The Morgan fingerprint density at radius 1 is 1.40 bits per heavy atom. The summed E-state index contributed by atoms with van der Waals surface area (Å²) in [5.41, 5.74) is -0.152. The molecule has 5 heteroatoms. The van der Waals surface area contributed by atoms with Gasteiger partial charge < -0.3 is 0 Å². The maximum atomic E-state index is 11.7. The molecule has 0 aromatic rings. The molecular weight excluding hydrogens is 212 g/mol. The Kier molecular flexibility index (Phi) is 4.75. The third-order valence-electron chi connectivity index (χ3n) is 2.53. The number of hydrogen-bond acceptors (Lipinski definition) is 3. The smallest absolute Gasteiger partial charge is 0.211 e. The quantitative estimate of drug-likeness (QED) is 0.801. The molecule has 0 amide bonds. The van der Waals surface area contributed by atoms with Crippen LogP contribution in [0, 0.1) is 16.7 Å². The molecule has 0 saturated heterocycles. The number of hydrogen-bond donors (Lipinski definition) is 1. The molecule has 0 aliphatic rings. The van der Waals surface area contributed by atoms with Crippen LogP contribution in [0.25, 0.3) is 0 Å². The summed E-state index contributed by atoms with van der Waals surface area (Å²) >= 11 is 0. The van der Waals surface area contributed by atoms with Gasteiger partial charge in [0, 0.05) is 6.04 Å². The number of rotatable bonds is 4. The van der Waals surface area contributed by atoms with Crippen molar-refractivity contribution in [2.24, 2.45) is 5.41 Å². The Labute approximate surface area is 92.7 Å². The van der Waals surface area contributed by atoms with Crippen LogP contribution in [0.1, 0.15) is 41.0 Å². The van der Waals surface area contributed by atoms with Crippen LogP contribution in [-0.4, -0.2) is 19.7 Å². The predicted octanol–water partition coefficient (Wildman–Crippen LogP) is 1.64. The second-order valence-corrected chi connectivity index (χ2v) is 6.67. The first-order valence-corrected chi connectivity index (χ1v) is 6.60. The molecule has 0 aromatic heterocycles. The summed E-state index contributed by atoms with van der Waals surface area (Å²) in [5, 5.41) is 7.75. The molecule has 0 bridgehead atoms. The summed E-state index contributed by atoms with van der Waals surface area (Å²) in [7, 11) is -3.52. The van der Waals surface area contributed by atoms with Crippen LogP contribution < -0.4 is 4.72 Å². The minimum absolute atomic E-state index is 0.152. The maximum Gasteiger partial charge on any atom is 0.228 e. The topological polar surface area (TPSA) is 70.0 Å². The monoisotopic (exact) mass is 232 g/mol. The fourth-order valence-electron chi connectivity index (χ4n) is 0.885. The van der Waals surface area contributed by atoms with Crippen molar-refractivity contribution in [1.29, 1.82) is 5.26 Å². The van der Waals surface area contributed by atoms with E-state index in [1.807, 2.05) is 27.7 Å². The zero-order valence-electron chi connectivity index (χ0n) is 10.0. The summed E-state index contributed by atoms with van der Waals surface area (Å²) in [6.07, 6.45) is 0.308. The van der Waals surface area contributed by atoms with Gasteiger partial charge in [0.25, 0.3) is 0 Å². The number of nitriles is 1. The summed E-state index contributed by atoms with van der Waals surface area (Å²) < 4.78 is 26.0. The fraction of sp³-hybridized carbons (Fsp3) is 0.900. The molecule has 0 aliphatic heterocycles. The highest BCUT2D eigenvalue weighted by Crippen LogP contribution is 2.20. The van der Waals surface area contributed by atoms with Crippen molar-refractivity contribution in [3.63, 3.8) is 0 Å². The van der Waals surface area contributed by atoms with E-state index < -0.39 is 15.3 Å². The number of sulfonamides is 1. The van der Waals surface area contributed by atoms with Crippen LogP contribution in [-0.2, 0) is 10.0 Å². The molecule has 0 aromatic carbocycles. The zero-order chi connectivity index (χ0) is 12.3. The van der Waals surface area contributed by atoms with Gasteiger partial charge in [-0.25, -0.2) is 13.1 Å². The molecule has 4 nitrogen and oxygen atoms in total. The van der Waals surface area contributed by atoms with Crippen LogP contribution in [0.15, 0.2) is 0 Å². The molecule has 0 spiro atoms. The summed E-state index contributed by atoms with van der Waals surface area (Å²) in [6, 6.07) is 1.61. The lowest BCUT2D eigenvalue weighted by atomic mass is 9.89. The molecular formula is C10H20N2O2S. The van der Waals surface area contributed by atoms with Gasteiger partial charge >= 0.3 is 0 Å². The van der Waals surface area contributed by atoms with E-state index in [2.05, 4.69) is 4.72 Å². The van der Waals surface area contributed by atoms with Gasteiger partial charge in [-0.15, -0.1) is 0 Å². The fourth-order valence-corrected chi connectivity index (χ4v) is 2.47. The largest absolute Gasteiger partial charge is 0.228 e.